The zero-order chi connectivity index (χ0) is 14.6. The standard InChI is InChI=1S/C12H20ClN3O2S/c1-9(6-7-16(2)3)15-19(17,18)10-4-5-12(14)11(13)8-10/h4-5,8-9,15H,6-7,14H2,1-3H3. The van der Waals surface area contributed by atoms with Gasteiger partial charge in [-0.05, 0) is 52.2 Å². The first kappa shape index (κ1) is 16.2. The van der Waals surface area contributed by atoms with Crippen molar-refractivity contribution in [2.45, 2.75) is 24.3 Å². The first-order chi connectivity index (χ1) is 8.72. The minimum Gasteiger partial charge on any atom is -0.398 e. The number of nitrogens with two attached hydrogens (primary N) is 1. The lowest BCUT2D eigenvalue weighted by molar-refractivity contribution is 0.379. The molecule has 0 saturated heterocycles. The van der Waals surface area contributed by atoms with Crippen LogP contribution in [0.3, 0.4) is 0 Å². The van der Waals surface area contributed by atoms with Crippen LogP contribution in [0.25, 0.3) is 0 Å². The maximum Gasteiger partial charge on any atom is 0.240 e. The predicted molar refractivity (Wildman–Crippen MR) is 78.8 cm³/mol. The van der Waals surface area contributed by atoms with Gasteiger partial charge in [-0.1, -0.05) is 11.6 Å². The lowest BCUT2D eigenvalue weighted by atomic mass is 10.2. The van der Waals surface area contributed by atoms with Gasteiger partial charge in [-0.15, -0.1) is 0 Å². The second-order valence-electron chi connectivity index (χ2n) is 4.80. The van der Waals surface area contributed by atoms with Gasteiger partial charge < -0.3 is 10.6 Å². The van der Waals surface area contributed by atoms with Crippen LogP contribution in [0.2, 0.25) is 5.02 Å². The van der Waals surface area contributed by atoms with Crippen molar-refractivity contribution >= 4 is 27.3 Å². The molecular weight excluding hydrogens is 286 g/mol. The second kappa shape index (κ2) is 6.56. The molecule has 3 N–H and O–H groups in total. The van der Waals surface area contributed by atoms with Crippen LogP contribution in [0, 0.1) is 0 Å². The number of anilines is 1. The van der Waals surface area contributed by atoms with E-state index in [0.717, 1.165) is 13.0 Å². The lowest BCUT2D eigenvalue weighted by Crippen LogP contribution is -2.34. The fourth-order valence-electron chi connectivity index (χ4n) is 1.52. The van der Waals surface area contributed by atoms with E-state index in [9.17, 15) is 8.42 Å². The Balaban J connectivity index is 2.77. The average Bonchev–Trinajstić information content (AvgIpc) is 2.29. The van der Waals surface area contributed by atoms with E-state index >= 15 is 0 Å². The van der Waals surface area contributed by atoms with Gasteiger partial charge in [0.1, 0.15) is 0 Å². The topological polar surface area (TPSA) is 75.4 Å². The third-order valence-corrected chi connectivity index (χ3v) is 4.56. The number of hydrogen-bond acceptors (Lipinski definition) is 4. The third-order valence-electron chi connectivity index (χ3n) is 2.65. The van der Waals surface area contributed by atoms with E-state index in [4.69, 9.17) is 17.3 Å². The molecule has 0 aliphatic rings. The van der Waals surface area contributed by atoms with Crippen LogP contribution in [0.15, 0.2) is 23.1 Å². The molecule has 0 bridgehead atoms. The molecule has 0 fully saturated rings. The molecular formula is C12H20ClN3O2S. The summed E-state index contributed by atoms with van der Waals surface area (Å²) in [4.78, 5) is 2.13. The normalized spacial score (nSPS) is 13.7. The van der Waals surface area contributed by atoms with Crippen molar-refractivity contribution in [2.75, 3.05) is 26.4 Å². The molecule has 0 aliphatic carbocycles. The molecule has 1 aromatic rings. The number of halogens is 1. The number of hydrogen-bond donors (Lipinski definition) is 2. The quantitative estimate of drug-likeness (QED) is 0.782. The van der Waals surface area contributed by atoms with E-state index < -0.39 is 10.0 Å². The van der Waals surface area contributed by atoms with Crippen molar-refractivity contribution in [1.82, 2.24) is 9.62 Å². The summed E-state index contributed by atoms with van der Waals surface area (Å²) in [5.41, 5.74) is 5.92. The monoisotopic (exact) mass is 305 g/mol. The fraction of sp³-hybridized carbons (Fsp3) is 0.500. The van der Waals surface area contributed by atoms with Gasteiger partial charge in [-0.25, -0.2) is 13.1 Å². The first-order valence-electron chi connectivity index (χ1n) is 5.94. The Kier molecular flexibility index (Phi) is 5.61. The van der Waals surface area contributed by atoms with Gasteiger partial charge >= 0.3 is 0 Å². The van der Waals surface area contributed by atoms with Crippen LogP contribution in [0.5, 0.6) is 0 Å². The summed E-state index contributed by atoms with van der Waals surface area (Å²) in [6.45, 7) is 2.64. The zero-order valence-electron chi connectivity index (χ0n) is 11.4. The van der Waals surface area contributed by atoms with Gasteiger partial charge in [0.05, 0.1) is 15.6 Å². The van der Waals surface area contributed by atoms with Crippen LogP contribution < -0.4 is 10.5 Å². The lowest BCUT2D eigenvalue weighted by Gasteiger charge is -2.17. The van der Waals surface area contributed by atoms with Crippen LogP contribution in [-0.2, 0) is 10.0 Å². The molecule has 1 aromatic carbocycles. The summed E-state index contributed by atoms with van der Waals surface area (Å²) >= 11 is 5.84. The van der Waals surface area contributed by atoms with Gasteiger partial charge in [0.25, 0.3) is 0 Å². The van der Waals surface area contributed by atoms with E-state index in [1.165, 1.54) is 18.2 Å². The number of benzene rings is 1. The molecule has 1 unspecified atom stereocenters. The van der Waals surface area contributed by atoms with Crippen molar-refractivity contribution in [3.63, 3.8) is 0 Å². The molecule has 1 atom stereocenters. The highest BCUT2D eigenvalue weighted by Crippen LogP contribution is 2.22. The van der Waals surface area contributed by atoms with Gasteiger partial charge in [0, 0.05) is 6.04 Å². The Morgan fingerprint density at radius 3 is 2.58 bits per heavy atom. The fourth-order valence-corrected chi connectivity index (χ4v) is 3.07. The van der Waals surface area contributed by atoms with Crippen LogP contribution >= 0.6 is 11.6 Å². The van der Waals surface area contributed by atoms with Gasteiger partial charge in [0.2, 0.25) is 10.0 Å². The molecule has 0 radical (unpaired) electrons. The third kappa shape index (κ3) is 4.99. The van der Waals surface area contributed by atoms with Crippen molar-refractivity contribution in [1.29, 1.82) is 0 Å². The number of rotatable bonds is 6. The van der Waals surface area contributed by atoms with E-state index in [0.29, 0.717) is 5.69 Å². The Hall–Kier alpha value is -0.820. The number of sulfonamides is 1. The minimum atomic E-state index is -3.56. The van der Waals surface area contributed by atoms with Crippen molar-refractivity contribution in [3.8, 4) is 0 Å². The van der Waals surface area contributed by atoms with Crippen LogP contribution in [-0.4, -0.2) is 40.0 Å². The molecule has 0 saturated carbocycles. The maximum absolute atomic E-state index is 12.1. The average molecular weight is 306 g/mol. The van der Waals surface area contributed by atoms with Gasteiger partial charge in [-0.2, -0.15) is 0 Å². The van der Waals surface area contributed by atoms with E-state index in [1.807, 2.05) is 25.9 Å². The number of nitrogens with one attached hydrogen (secondary N) is 1. The summed E-state index contributed by atoms with van der Waals surface area (Å²) in [7, 11) is 0.336. The summed E-state index contributed by atoms with van der Waals surface area (Å²) in [5, 5.41) is 0.240. The number of nitrogens with zero attached hydrogens (tertiary/aromatic N) is 1. The Morgan fingerprint density at radius 1 is 1.42 bits per heavy atom. The summed E-state index contributed by atoms with van der Waals surface area (Å²) < 4.78 is 26.9. The highest BCUT2D eigenvalue weighted by Gasteiger charge is 2.18. The summed E-state index contributed by atoms with van der Waals surface area (Å²) in [6.07, 6.45) is 0.731. The number of nitrogen functional groups attached to an aromatic ring is 1. The zero-order valence-corrected chi connectivity index (χ0v) is 12.9. The van der Waals surface area contributed by atoms with Crippen molar-refractivity contribution < 1.29 is 8.42 Å². The molecule has 7 heteroatoms. The largest absolute Gasteiger partial charge is 0.398 e. The molecule has 0 aliphatic heterocycles. The van der Waals surface area contributed by atoms with E-state index in [2.05, 4.69) is 4.72 Å². The molecule has 1 rings (SSSR count). The Labute approximate surface area is 119 Å². The maximum atomic E-state index is 12.1. The summed E-state index contributed by atoms with van der Waals surface area (Å²) in [6, 6.07) is 4.14. The molecule has 0 amide bonds. The van der Waals surface area contributed by atoms with Gasteiger partial charge in [-0.3, -0.25) is 0 Å². The minimum absolute atomic E-state index is 0.128. The first-order valence-corrected chi connectivity index (χ1v) is 7.80. The van der Waals surface area contributed by atoms with Crippen molar-refractivity contribution in [2.24, 2.45) is 0 Å². The van der Waals surface area contributed by atoms with Gasteiger partial charge in [0.15, 0.2) is 0 Å². The highest BCUT2D eigenvalue weighted by molar-refractivity contribution is 7.89. The smallest absolute Gasteiger partial charge is 0.240 e. The molecule has 19 heavy (non-hydrogen) atoms. The molecule has 108 valence electrons. The van der Waals surface area contributed by atoms with E-state index in [1.54, 1.807) is 0 Å². The molecule has 5 nitrogen and oxygen atoms in total. The molecule has 0 heterocycles. The SMILES string of the molecule is CC(CCN(C)C)NS(=O)(=O)c1ccc(N)c(Cl)c1. The van der Waals surface area contributed by atoms with Crippen LogP contribution in [0.4, 0.5) is 5.69 Å². The highest BCUT2D eigenvalue weighted by atomic mass is 35.5. The molecule has 0 spiro atoms. The van der Waals surface area contributed by atoms with E-state index in [-0.39, 0.29) is 16.0 Å². The predicted octanol–water partition coefficient (Wildman–Crippen LogP) is 1.54. The summed E-state index contributed by atoms with van der Waals surface area (Å²) in [5.74, 6) is 0. The Bertz CT molecular complexity index is 532. The van der Waals surface area contributed by atoms with Crippen LogP contribution in [0.1, 0.15) is 13.3 Å². The second-order valence-corrected chi connectivity index (χ2v) is 6.92. The Morgan fingerprint density at radius 2 is 2.05 bits per heavy atom. The van der Waals surface area contributed by atoms with Crippen molar-refractivity contribution in [3.05, 3.63) is 23.2 Å². The molecule has 0 aromatic heterocycles.